The molecule has 0 bridgehead atoms. The molecule has 2 amide bonds. The van der Waals surface area contributed by atoms with Gasteiger partial charge in [0.05, 0.1) is 0 Å². The molecule has 0 atom stereocenters. The van der Waals surface area contributed by atoms with E-state index in [1.165, 1.54) is 12.0 Å². The number of nitrogens with one attached hydrogen (secondary N) is 1. The van der Waals surface area contributed by atoms with Crippen LogP contribution < -0.4 is 5.32 Å². The molecule has 1 saturated carbocycles. The van der Waals surface area contributed by atoms with Crippen LogP contribution in [0.1, 0.15) is 64.3 Å². The van der Waals surface area contributed by atoms with Crippen LogP contribution in [0, 0.1) is 6.92 Å². The third kappa shape index (κ3) is 5.31. The summed E-state index contributed by atoms with van der Waals surface area (Å²) in [5.74, 6) is 1.03. The topological polar surface area (TPSA) is 71.3 Å². The Hall–Kier alpha value is -2.37. The Balaban J connectivity index is 1.77. The number of carbonyl (C=O) groups excluding carboxylic acids is 1. The van der Waals surface area contributed by atoms with Crippen molar-refractivity contribution in [3.63, 3.8) is 0 Å². The molecule has 0 radical (unpaired) electrons. The SMILES string of the molecule is Cc1ccc(-c2noc(CN(C(=O)NC(C)(C)C)C3CCCCC3)n2)cc1. The van der Waals surface area contributed by atoms with Crippen molar-refractivity contribution >= 4 is 6.03 Å². The van der Waals surface area contributed by atoms with E-state index in [9.17, 15) is 4.79 Å². The van der Waals surface area contributed by atoms with Gasteiger partial charge in [0.25, 0.3) is 0 Å². The molecule has 0 spiro atoms. The van der Waals surface area contributed by atoms with E-state index in [1.54, 1.807) is 0 Å². The van der Waals surface area contributed by atoms with Crippen LogP contribution in [0.25, 0.3) is 11.4 Å². The summed E-state index contributed by atoms with van der Waals surface area (Å²) in [7, 11) is 0. The molecule has 2 aromatic rings. The van der Waals surface area contributed by atoms with Crippen LogP contribution >= 0.6 is 0 Å². The van der Waals surface area contributed by atoms with Crippen LogP contribution in [0.4, 0.5) is 4.79 Å². The van der Waals surface area contributed by atoms with Gasteiger partial charge in [-0.25, -0.2) is 4.79 Å². The van der Waals surface area contributed by atoms with Gasteiger partial charge in [-0.1, -0.05) is 54.2 Å². The summed E-state index contributed by atoms with van der Waals surface area (Å²) in [6, 6.07) is 8.16. The van der Waals surface area contributed by atoms with Crippen molar-refractivity contribution in [1.29, 1.82) is 0 Å². The standard InChI is InChI=1S/C21H30N4O2/c1-15-10-12-16(13-11-15)19-22-18(27-24-19)14-25(17-8-6-5-7-9-17)20(26)23-21(2,3)4/h10-13,17H,5-9,14H2,1-4H3,(H,23,26). The molecular weight excluding hydrogens is 340 g/mol. The van der Waals surface area contributed by atoms with Gasteiger partial charge in [0.2, 0.25) is 11.7 Å². The van der Waals surface area contributed by atoms with Crippen LogP contribution in [0.15, 0.2) is 28.8 Å². The van der Waals surface area contributed by atoms with Gasteiger partial charge in [-0.05, 0) is 40.5 Å². The first-order valence-corrected chi connectivity index (χ1v) is 9.80. The number of amides is 2. The van der Waals surface area contributed by atoms with Crippen molar-refractivity contribution < 1.29 is 9.32 Å². The third-order valence-electron chi connectivity index (χ3n) is 4.84. The average Bonchev–Trinajstić information content (AvgIpc) is 3.08. The fraction of sp³-hybridized carbons (Fsp3) is 0.571. The first-order chi connectivity index (χ1) is 12.8. The Morgan fingerprint density at radius 1 is 1.19 bits per heavy atom. The van der Waals surface area contributed by atoms with E-state index < -0.39 is 0 Å². The summed E-state index contributed by atoms with van der Waals surface area (Å²) in [5.41, 5.74) is 1.81. The second-order valence-electron chi connectivity index (χ2n) is 8.48. The van der Waals surface area contributed by atoms with Gasteiger partial charge in [0.15, 0.2) is 0 Å². The van der Waals surface area contributed by atoms with E-state index >= 15 is 0 Å². The number of hydrogen-bond donors (Lipinski definition) is 1. The predicted molar refractivity (Wildman–Crippen MR) is 105 cm³/mol. The molecule has 0 unspecified atom stereocenters. The molecule has 1 aromatic carbocycles. The van der Waals surface area contributed by atoms with E-state index in [2.05, 4.69) is 15.5 Å². The average molecular weight is 370 g/mol. The summed E-state index contributed by atoms with van der Waals surface area (Å²) >= 11 is 0. The molecular formula is C21H30N4O2. The minimum atomic E-state index is -0.286. The lowest BCUT2D eigenvalue weighted by atomic mass is 9.94. The zero-order valence-corrected chi connectivity index (χ0v) is 16.8. The van der Waals surface area contributed by atoms with Gasteiger partial charge in [0, 0.05) is 17.1 Å². The van der Waals surface area contributed by atoms with E-state index in [1.807, 2.05) is 56.9 Å². The number of aryl methyl sites for hydroxylation is 1. The van der Waals surface area contributed by atoms with Crippen molar-refractivity contribution in [3.8, 4) is 11.4 Å². The number of urea groups is 1. The monoisotopic (exact) mass is 370 g/mol. The lowest BCUT2D eigenvalue weighted by molar-refractivity contribution is 0.134. The maximum Gasteiger partial charge on any atom is 0.318 e. The van der Waals surface area contributed by atoms with Gasteiger partial charge in [0.1, 0.15) is 6.54 Å². The lowest BCUT2D eigenvalue weighted by Gasteiger charge is -2.35. The molecule has 1 aliphatic carbocycles. The van der Waals surface area contributed by atoms with Crippen LogP contribution in [0.2, 0.25) is 0 Å². The summed E-state index contributed by atoms with van der Waals surface area (Å²) in [4.78, 5) is 19.3. The van der Waals surface area contributed by atoms with E-state index in [-0.39, 0.29) is 17.6 Å². The quantitative estimate of drug-likeness (QED) is 0.848. The van der Waals surface area contributed by atoms with Gasteiger partial charge in [-0.3, -0.25) is 0 Å². The normalized spacial score (nSPS) is 15.6. The van der Waals surface area contributed by atoms with Crippen molar-refractivity contribution in [2.45, 2.75) is 77.9 Å². The summed E-state index contributed by atoms with van der Waals surface area (Å²) < 4.78 is 5.47. The highest BCUT2D eigenvalue weighted by Crippen LogP contribution is 2.25. The lowest BCUT2D eigenvalue weighted by Crippen LogP contribution is -2.52. The summed E-state index contributed by atoms with van der Waals surface area (Å²) in [6.07, 6.45) is 5.60. The van der Waals surface area contributed by atoms with Gasteiger partial charge in [-0.15, -0.1) is 0 Å². The molecule has 6 heteroatoms. The van der Waals surface area contributed by atoms with Crippen LogP contribution in [0.5, 0.6) is 0 Å². The van der Waals surface area contributed by atoms with Gasteiger partial charge < -0.3 is 14.7 Å². The van der Waals surface area contributed by atoms with Crippen molar-refractivity contribution in [1.82, 2.24) is 20.4 Å². The van der Waals surface area contributed by atoms with Crippen molar-refractivity contribution in [2.24, 2.45) is 0 Å². The molecule has 3 rings (SSSR count). The first kappa shape index (κ1) is 19.4. The van der Waals surface area contributed by atoms with Gasteiger partial charge in [-0.2, -0.15) is 4.98 Å². The maximum atomic E-state index is 12.9. The maximum absolute atomic E-state index is 12.9. The van der Waals surface area contributed by atoms with Crippen molar-refractivity contribution in [3.05, 3.63) is 35.7 Å². The predicted octanol–water partition coefficient (Wildman–Crippen LogP) is 4.69. The molecule has 1 heterocycles. The second kappa shape index (κ2) is 8.11. The molecule has 1 fully saturated rings. The molecule has 146 valence electrons. The van der Waals surface area contributed by atoms with Crippen molar-refractivity contribution in [2.75, 3.05) is 0 Å². The molecule has 0 saturated heterocycles. The second-order valence-corrected chi connectivity index (χ2v) is 8.48. The smallest absolute Gasteiger partial charge is 0.318 e. The summed E-state index contributed by atoms with van der Waals surface area (Å²) in [5, 5.41) is 7.18. The Labute approximate surface area is 161 Å². The first-order valence-electron chi connectivity index (χ1n) is 9.80. The highest BCUT2D eigenvalue weighted by atomic mass is 16.5. The van der Waals surface area contributed by atoms with Crippen LogP contribution in [-0.2, 0) is 6.54 Å². The fourth-order valence-corrected chi connectivity index (χ4v) is 3.44. The number of aromatic nitrogens is 2. The van der Waals surface area contributed by atoms with Crippen LogP contribution in [0.3, 0.4) is 0 Å². The van der Waals surface area contributed by atoms with Crippen LogP contribution in [-0.4, -0.2) is 32.7 Å². The van der Waals surface area contributed by atoms with E-state index in [0.29, 0.717) is 18.3 Å². The van der Waals surface area contributed by atoms with E-state index in [0.717, 1.165) is 31.2 Å². The molecule has 0 aliphatic heterocycles. The highest BCUT2D eigenvalue weighted by molar-refractivity contribution is 5.75. The van der Waals surface area contributed by atoms with E-state index in [4.69, 9.17) is 4.52 Å². The largest absolute Gasteiger partial charge is 0.337 e. The minimum Gasteiger partial charge on any atom is -0.337 e. The number of hydrogen-bond acceptors (Lipinski definition) is 4. The molecule has 1 aromatic heterocycles. The van der Waals surface area contributed by atoms with Gasteiger partial charge >= 0.3 is 6.03 Å². The zero-order valence-electron chi connectivity index (χ0n) is 16.8. The Morgan fingerprint density at radius 2 is 1.85 bits per heavy atom. The minimum absolute atomic E-state index is 0.0653. The Morgan fingerprint density at radius 3 is 2.48 bits per heavy atom. The number of benzene rings is 1. The molecule has 6 nitrogen and oxygen atoms in total. The summed E-state index contributed by atoms with van der Waals surface area (Å²) in [6.45, 7) is 8.36. The number of carbonyl (C=O) groups is 1. The molecule has 1 aliphatic rings. The Bertz CT molecular complexity index is 755. The highest BCUT2D eigenvalue weighted by Gasteiger charge is 2.29. The third-order valence-corrected chi connectivity index (χ3v) is 4.84. The molecule has 27 heavy (non-hydrogen) atoms. The number of rotatable bonds is 4. The Kier molecular flexibility index (Phi) is 5.82. The fourth-order valence-electron chi connectivity index (χ4n) is 3.44. The zero-order chi connectivity index (χ0) is 19.4. The molecule has 1 N–H and O–H groups in total. The number of nitrogens with zero attached hydrogens (tertiary/aromatic N) is 3.